The molecule has 0 aliphatic heterocycles. The normalized spacial score (nSPS) is 10.5. The quantitative estimate of drug-likeness (QED) is 0.762. The molecule has 0 bridgehead atoms. The van der Waals surface area contributed by atoms with Crippen molar-refractivity contribution in [1.82, 2.24) is 4.98 Å². The number of nitrogens with two attached hydrogens (primary N) is 1. The molecule has 1 rings (SSSR count). The van der Waals surface area contributed by atoms with E-state index in [1.165, 1.54) is 7.11 Å². The Bertz CT molecular complexity index is 386. The van der Waals surface area contributed by atoms with Gasteiger partial charge in [0.25, 0.3) is 0 Å². The number of esters is 1. The number of methoxy groups -OCH3 is 1. The number of carbonyl (C=O) groups is 1. The number of pyridine rings is 1. The summed E-state index contributed by atoms with van der Waals surface area (Å²) in [6, 6.07) is 1.82. The topological polar surface area (TPSA) is 65.2 Å². The van der Waals surface area contributed by atoms with Crippen LogP contribution in [0.4, 0.5) is 5.69 Å². The Morgan fingerprint density at radius 1 is 1.67 bits per heavy atom. The number of hydrogen-bond donors (Lipinski definition) is 1. The number of hydrogen-bond acceptors (Lipinski definition) is 4. The van der Waals surface area contributed by atoms with Gasteiger partial charge in [0.2, 0.25) is 0 Å². The summed E-state index contributed by atoms with van der Waals surface area (Å²) in [5.41, 5.74) is 8.00. The third kappa shape index (κ3) is 3.42. The van der Waals surface area contributed by atoms with Crippen molar-refractivity contribution >= 4 is 17.7 Å². The van der Waals surface area contributed by atoms with Crippen LogP contribution in [-0.4, -0.2) is 18.1 Å². The lowest BCUT2D eigenvalue weighted by Gasteiger charge is -2.00. The van der Waals surface area contributed by atoms with E-state index in [4.69, 9.17) is 5.73 Å². The predicted molar refractivity (Wildman–Crippen MR) is 59.1 cm³/mol. The fraction of sp³-hybridized carbons (Fsp3) is 0.273. The van der Waals surface area contributed by atoms with Gasteiger partial charge < -0.3 is 10.5 Å². The number of anilines is 1. The van der Waals surface area contributed by atoms with Crippen molar-refractivity contribution in [3.05, 3.63) is 29.6 Å². The van der Waals surface area contributed by atoms with Crippen LogP contribution in [-0.2, 0) is 9.53 Å². The first-order chi connectivity index (χ1) is 7.13. The molecule has 0 aliphatic carbocycles. The van der Waals surface area contributed by atoms with E-state index in [1.54, 1.807) is 12.3 Å². The number of nitrogens with zero attached hydrogens (tertiary/aromatic N) is 1. The summed E-state index contributed by atoms with van der Waals surface area (Å²) in [7, 11) is 1.36. The first-order valence-electron chi connectivity index (χ1n) is 4.59. The highest BCUT2D eigenvalue weighted by Crippen LogP contribution is 2.11. The summed E-state index contributed by atoms with van der Waals surface area (Å²) in [4.78, 5) is 14.9. The number of aromatic nitrogens is 1. The Morgan fingerprint density at radius 3 is 3.07 bits per heavy atom. The van der Waals surface area contributed by atoms with Crippen LogP contribution in [0.5, 0.6) is 0 Å². The summed E-state index contributed by atoms with van der Waals surface area (Å²) in [5, 5.41) is 0. The molecule has 1 heterocycles. The van der Waals surface area contributed by atoms with Crippen molar-refractivity contribution in [1.29, 1.82) is 0 Å². The summed E-state index contributed by atoms with van der Waals surface area (Å²) in [6.07, 6.45) is 5.41. The third-order valence-electron chi connectivity index (χ3n) is 1.96. The smallest absolute Gasteiger partial charge is 0.309 e. The maximum absolute atomic E-state index is 10.8. The van der Waals surface area contributed by atoms with Crippen molar-refractivity contribution in [3.63, 3.8) is 0 Å². The largest absolute Gasteiger partial charge is 0.469 e. The molecule has 0 atom stereocenters. The van der Waals surface area contributed by atoms with E-state index in [1.807, 2.05) is 19.1 Å². The molecule has 0 amide bonds. The van der Waals surface area contributed by atoms with Crippen molar-refractivity contribution in [2.75, 3.05) is 12.8 Å². The summed E-state index contributed by atoms with van der Waals surface area (Å²) in [5.74, 6) is -0.263. The van der Waals surface area contributed by atoms with Gasteiger partial charge in [0.1, 0.15) is 0 Å². The lowest BCUT2D eigenvalue weighted by Crippen LogP contribution is -1.97. The monoisotopic (exact) mass is 206 g/mol. The Balaban J connectivity index is 2.71. The van der Waals surface area contributed by atoms with Crippen LogP contribution < -0.4 is 5.73 Å². The van der Waals surface area contributed by atoms with E-state index in [-0.39, 0.29) is 12.4 Å². The Morgan fingerprint density at radius 2 is 2.40 bits per heavy atom. The van der Waals surface area contributed by atoms with Gasteiger partial charge in [-0.05, 0) is 18.6 Å². The third-order valence-corrected chi connectivity index (χ3v) is 1.96. The van der Waals surface area contributed by atoms with E-state index in [0.717, 1.165) is 11.3 Å². The van der Waals surface area contributed by atoms with Crippen molar-refractivity contribution in [2.24, 2.45) is 0 Å². The zero-order valence-corrected chi connectivity index (χ0v) is 8.86. The summed E-state index contributed by atoms with van der Waals surface area (Å²) in [6.45, 7) is 1.89. The van der Waals surface area contributed by atoms with Gasteiger partial charge in [-0.3, -0.25) is 9.78 Å². The molecule has 2 N–H and O–H groups in total. The first-order valence-corrected chi connectivity index (χ1v) is 4.59. The highest BCUT2D eigenvalue weighted by molar-refractivity contribution is 5.72. The van der Waals surface area contributed by atoms with Crippen LogP contribution in [0.2, 0.25) is 0 Å². The average Bonchev–Trinajstić information content (AvgIpc) is 2.23. The minimum absolute atomic E-state index is 0.255. The number of nitrogen functional groups attached to an aromatic ring is 1. The second-order valence-electron chi connectivity index (χ2n) is 3.13. The minimum atomic E-state index is -0.263. The lowest BCUT2D eigenvalue weighted by atomic mass is 10.1. The van der Waals surface area contributed by atoms with Crippen molar-refractivity contribution in [3.8, 4) is 0 Å². The van der Waals surface area contributed by atoms with Gasteiger partial charge >= 0.3 is 5.97 Å². The van der Waals surface area contributed by atoms with Crippen LogP contribution in [0.25, 0.3) is 6.08 Å². The molecule has 0 aromatic carbocycles. The van der Waals surface area contributed by atoms with Gasteiger partial charge in [0.05, 0.1) is 25.4 Å². The van der Waals surface area contributed by atoms with Crippen LogP contribution in [0.15, 0.2) is 18.3 Å². The van der Waals surface area contributed by atoms with Gasteiger partial charge in [-0.15, -0.1) is 0 Å². The predicted octanol–water partition coefficient (Wildman–Crippen LogP) is 1.55. The molecule has 1 aromatic heterocycles. The van der Waals surface area contributed by atoms with Crippen LogP contribution >= 0.6 is 0 Å². The lowest BCUT2D eigenvalue weighted by molar-refractivity contribution is -0.139. The average molecular weight is 206 g/mol. The number of aryl methyl sites for hydroxylation is 1. The highest BCUT2D eigenvalue weighted by atomic mass is 16.5. The van der Waals surface area contributed by atoms with E-state index >= 15 is 0 Å². The number of ether oxygens (including phenoxy) is 1. The Labute approximate surface area is 88.8 Å². The van der Waals surface area contributed by atoms with Gasteiger partial charge in [0.15, 0.2) is 0 Å². The molecule has 4 nitrogen and oxygen atoms in total. The molecule has 4 heteroatoms. The molecule has 80 valence electrons. The van der Waals surface area contributed by atoms with Crippen molar-refractivity contribution in [2.45, 2.75) is 13.3 Å². The van der Waals surface area contributed by atoms with Gasteiger partial charge in [-0.1, -0.05) is 12.2 Å². The zero-order valence-electron chi connectivity index (χ0n) is 8.86. The second-order valence-corrected chi connectivity index (χ2v) is 3.13. The van der Waals surface area contributed by atoms with E-state index in [0.29, 0.717) is 5.69 Å². The molecule has 0 fully saturated rings. The highest BCUT2D eigenvalue weighted by Gasteiger charge is 1.97. The molecule has 0 saturated heterocycles. The zero-order chi connectivity index (χ0) is 11.3. The van der Waals surface area contributed by atoms with E-state index in [9.17, 15) is 4.79 Å². The van der Waals surface area contributed by atoms with Gasteiger partial charge in [0, 0.05) is 5.69 Å². The summed E-state index contributed by atoms with van der Waals surface area (Å²) < 4.78 is 4.51. The van der Waals surface area contributed by atoms with Gasteiger partial charge in [-0.2, -0.15) is 0 Å². The molecule has 1 aromatic rings. The second kappa shape index (κ2) is 5.14. The Hall–Kier alpha value is -1.84. The first kappa shape index (κ1) is 11.2. The fourth-order valence-electron chi connectivity index (χ4n) is 1.10. The molecular weight excluding hydrogens is 192 g/mol. The minimum Gasteiger partial charge on any atom is -0.469 e. The van der Waals surface area contributed by atoms with Crippen molar-refractivity contribution < 1.29 is 9.53 Å². The number of rotatable bonds is 3. The van der Waals surface area contributed by atoms with Crippen LogP contribution in [0.3, 0.4) is 0 Å². The maximum Gasteiger partial charge on any atom is 0.309 e. The summed E-state index contributed by atoms with van der Waals surface area (Å²) >= 11 is 0. The number of carbonyl (C=O) groups excluding carboxylic acids is 1. The molecule has 0 saturated carbocycles. The molecule has 15 heavy (non-hydrogen) atoms. The van der Waals surface area contributed by atoms with Gasteiger partial charge in [-0.25, -0.2) is 0 Å². The van der Waals surface area contributed by atoms with Crippen LogP contribution in [0.1, 0.15) is 17.7 Å². The van der Waals surface area contributed by atoms with Crippen LogP contribution in [0, 0.1) is 6.92 Å². The maximum atomic E-state index is 10.8. The molecule has 0 spiro atoms. The van der Waals surface area contributed by atoms with E-state index in [2.05, 4.69) is 9.72 Å². The molecule has 0 radical (unpaired) electrons. The Kier molecular flexibility index (Phi) is 3.85. The SMILES string of the molecule is COC(=O)CC=Cc1cc(N)cnc1C. The molecular formula is C11H14N2O2. The molecule has 0 unspecified atom stereocenters. The molecule has 0 aliphatic rings. The van der Waals surface area contributed by atoms with E-state index < -0.39 is 0 Å². The fourth-order valence-corrected chi connectivity index (χ4v) is 1.10. The standard InChI is InChI=1S/C11H14N2O2/c1-8-9(6-10(12)7-13-8)4-3-5-11(14)15-2/h3-4,6-7H,5,12H2,1-2H3.